The lowest BCUT2D eigenvalue weighted by molar-refractivity contribution is 0.634. The molecule has 0 aromatic carbocycles. The minimum absolute atomic E-state index is 0.179. The van der Waals surface area contributed by atoms with Gasteiger partial charge in [0.2, 0.25) is 0 Å². The number of nitrogens with one attached hydrogen (secondary N) is 2. The van der Waals surface area contributed by atoms with E-state index < -0.39 is 10.8 Å². The van der Waals surface area contributed by atoms with Crippen LogP contribution in [0.25, 0.3) is 0 Å². The van der Waals surface area contributed by atoms with Crippen LogP contribution in [0.3, 0.4) is 0 Å². The van der Waals surface area contributed by atoms with E-state index in [1.54, 1.807) is 7.05 Å². The van der Waals surface area contributed by atoms with E-state index in [9.17, 15) is 4.21 Å². The van der Waals surface area contributed by atoms with Gasteiger partial charge in [-0.2, -0.15) is 5.10 Å². The van der Waals surface area contributed by atoms with Crippen LogP contribution in [0.15, 0.2) is 4.99 Å². The monoisotopic (exact) mass is 355 g/mol. The van der Waals surface area contributed by atoms with Crippen molar-refractivity contribution >= 4 is 16.8 Å². The lowest BCUT2D eigenvalue weighted by Gasteiger charge is -2.20. The minimum atomic E-state index is -0.860. The zero-order chi connectivity index (χ0) is 18.5. The molecule has 138 valence electrons. The summed E-state index contributed by atoms with van der Waals surface area (Å²) in [6.45, 7) is 12.9. The second kappa shape index (κ2) is 8.65. The van der Waals surface area contributed by atoms with Crippen molar-refractivity contribution in [2.45, 2.75) is 58.8 Å². The number of hydrogen-bond acceptors (Lipinski definition) is 3. The third kappa shape index (κ3) is 5.92. The number of nitrogens with zero attached hydrogens (tertiary/aromatic N) is 3. The standard InChI is InChI=1S/C17H33N5OS/c1-12(11-15-13(2)21-22(8)14(15)3)20-16(18-7)19-9-10-24(23)17(4,5)6/h12H,9-11H2,1-8H3,(H2,18,19,20). The molecule has 2 atom stereocenters. The number of aryl methyl sites for hydroxylation is 2. The van der Waals surface area contributed by atoms with Crippen molar-refractivity contribution in [3.05, 3.63) is 17.0 Å². The van der Waals surface area contributed by atoms with Crippen molar-refractivity contribution in [1.29, 1.82) is 0 Å². The molecule has 0 aliphatic carbocycles. The van der Waals surface area contributed by atoms with Crippen molar-refractivity contribution < 1.29 is 4.21 Å². The fourth-order valence-corrected chi connectivity index (χ4v) is 3.37. The van der Waals surface area contributed by atoms with Crippen LogP contribution in [0.4, 0.5) is 0 Å². The molecule has 6 nitrogen and oxygen atoms in total. The molecular formula is C17H33N5OS. The lowest BCUT2D eigenvalue weighted by Crippen LogP contribution is -2.44. The van der Waals surface area contributed by atoms with E-state index in [-0.39, 0.29) is 10.8 Å². The highest BCUT2D eigenvalue weighted by atomic mass is 32.2. The van der Waals surface area contributed by atoms with Crippen LogP contribution in [-0.4, -0.2) is 50.1 Å². The predicted octanol–water partition coefficient (Wildman–Crippen LogP) is 1.68. The van der Waals surface area contributed by atoms with E-state index in [4.69, 9.17) is 0 Å². The third-order valence-corrected chi connectivity index (χ3v) is 5.98. The smallest absolute Gasteiger partial charge is 0.191 e. The van der Waals surface area contributed by atoms with Crippen LogP contribution in [0.1, 0.15) is 44.6 Å². The average Bonchev–Trinajstić information content (AvgIpc) is 2.71. The summed E-state index contributed by atoms with van der Waals surface area (Å²) in [7, 11) is 2.87. The minimum Gasteiger partial charge on any atom is -0.355 e. The molecule has 0 aliphatic rings. The Morgan fingerprint density at radius 1 is 1.38 bits per heavy atom. The first-order valence-corrected chi connectivity index (χ1v) is 9.73. The maximum atomic E-state index is 12.1. The first kappa shape index (κ1) is 20.7. The average molecular weight is 356 g/mol. The molecule has 2 N–H and O–H groups in total. The lowest BCUT2D eigenvalue weighted by atomic mass is 10.1. The molecule has 0 amide bonds. The van der Waals surface area contributed by atoms with Gasteiger partial charge >= 0.3 is 0 Å². The maximum Gasteiger partial charge on any atom is 0.191 e. The molecule has 0 saturated carbocycles. The molecule has 1 heterocycles. The Labute approximate surface area is 149 Å². The summed E-state index contributed by atoms with van der Waals surface area (Å²) in [6, 6.07) is 0.228. The van der Waals surface area contributed by atoms with Gasteiger partial charge in [-0.25, -0.2) is 0 Å². The molecule has 0 fully saturated rings. The summed E-state index contributed by atoms with van der Waals surface area (Å²) < 4.78 is 13.8. The summed E-state index contributed by atoms with van der Waals surface area (Å²) in [5.41, 5.74) is 3.55. The van der Waals surface area contributed by atoms with E-state index >= 15 is 0 Å². The number of aliphatic imine (C=N–C) groups is 1. The molecule has 2 unspecified atom stereocenters. The van der Waals surface area contributed by atoms with Gasteiger partial charge in [0.25, 0.3) is 0 Å². The van der Waals surface area contributed by atoms with E-state index in [1.165, 1.54) is 11.3 Å². The second-order valence-electron chi connectivity index (χ2n) is 7.18. The third-order valence-electron chi connectivity index (χ3n) is 4.04. The van der Waals surface area contributed by atoms with Gasteiger partial charge in [-0.3, -0.25) is 13.9 Å². The highest BCUT2D eigenvalue weighted by Gasteiger charge is 2.19. The van der Waals surface area contributed by atoms with Crippen LogP contribution in [0, 0.1) is 13.8 Å². The Kier molecular flexibility index (Phi) is 7.45. The molecule has 1 rings (SSSR count). The van der Waals surface area contributed by atoms with Gasteiger partial charge in [0.1, 0.15) is 0 Å². The predicted molar refractivity (Wildman–Crippen MR) is 103 cm³/mol. The normalized spacial score (nSPS) is 15.2. The van der Waals surface area contributed by atoms with Crippen molar-refractivity contribution in [1.82, 2.24) is 20.4 Å². The molecule has 0 saturated heterocycles. The fourth-order valence-electron chi connectivity index (χ4n) is 2.47. The molecule has 0 aliphatic heterocycles. The summed E-state index contributed by atoms with van der Waals surface area (Å²) in [4.78, 5) is 4.25. The molecule has 0 bridgehead atoms. The maximum absolute atomic E-state index is 12.1. The van der Waals surface area contributed by atoms with Gasteiger partial charge in [-0.15, -0.1) is 0 Å². The highest BCUT2D eigenvalue weighted by molar-refractivity contribution is 7.86. The van der Waals surface area contributed by atoms with Gasteiger partial charge in [0, 0.05) is 53.7 Å². The number of aromatic nitrogens is 2. The molecule has 0 spiro atoms. The quantitative estimate of drug-likeness (QED) is 0.602. The first-order valence-electron chi connectivity index (χ1n) is 8.41. The molecule has 1 aromatic rings. The number of hydrogen-bond donors (Lipinski definition) is 2. The largest absolute Gasteiger partial charge is 0.355 e. The van der Waals surface area contributed by atoms with Gasteiger partial charge in [0.15, 0.2) is 5.96 Å². The molecule has 24 heavy (non-hydrogen) atoms. The van der Waals surface area contributed by atoms with E-state index in [0.29, 0.717) is 12.3 Å². The highest BCUT2D eigenvalue weighted by Crippen LogP contribution is 2.14. The van der Waals surface area contributed by atoms with Gasteiger partial charge in [0.05, 0.1) is 5.69 Å². The summed E-state index contributed by atoms with van der Waals surface area (Å²) >= 11 is 0. The topological polar surface area (TPSA) is 71.3 Å². The van der Waals surface area contributed by atoms with Gasteiger partial charge < -0.3 is 10.6 Å². The van der Waals surface area contributed by atoms with Gasteiger partial charge in [-0.1, -0.05) is 0 Å². The Bertz CT molecular complexity index is 601. The van der Waals surface area contributed by atoms with E-state index in [0.717, 1.165) is 18.1 Å². The Hall–Kier alpha value is -1.37. The molecule has 1 aromatic heterocycles. The number of rotatable bonds is 6. The van der Waals surface area contributed by atoms with Crippen LogP contribution in [0.2, 0.25) is 0 Å². The summed E-state index contributed by atoms with van der Waals surface area (Å²) in [5, 5.41) is 11.1. The van der Waals surface area contributed by atoms with Crippen LogP contribution in [-0.2, 0) is 24.3 Å². The first-order chi connectivity index (χ1) is 11.1. The fraction of sp³-hybridized carbons (Fsp3) is 0.765. The van der Waals surface area contributed by atoms with Crippen molar-refractivity contribution in [2.24, 2.45) is 12.0 Å². The number of guanidine groups is 1. The molecule has 7 heteroatoms. The zero-order valence-corrected chi connectivity index (χ0v) is 17.2. The van der Waals surface area contributed by atoms with Gasteiger partial charge in [-0.05, 0) is 53.5 Å². The molecular weight excluding hydrogens is 322 g/mol. The van der Waals surface area contributed by atoms with Crippen LogP contribution < -0.4 is 10.6 Å². The second-order valence-corrected chi connectivity index (χ2v) is 9.51. The van der Waals surface area contributed by atoms with Crippen LogP contribution in [0.5, 0.6) is 0 Å². The van der Waals surface area contributed by atoms with Crippen LogP contribution >= 0.6 is 0 Å². The van der Waals surface area contributed by atoms with Crippen molar-refractivity contribution in [3.63, 3.8) is 0 Å². The molecule has 0 radical (unpaired) electrons. The van der Waals surface area contributed by atoms with Crippen molar-refractivity contribution in [2.75, 3.05) is 19.3 Å². The van der Waals surface area contributed by atoms with E-state index in [2.05, 4.69) is 34.6 Å². The van der Waals surface area contributed by atoms with E-state index in [1.807, 2.05) is 39.4 Å². The summed E-state index contributed by atoms with van der Waals surface area (Å²) in [5.74, 6) is 1.35. The zero-order valence-electron chi connectivity index (χ0n) is 16.4. The van der Waals surface area contributed by atoms with Crippen molar-refractivity contribution in [3.8, 4) is 0 Å². The Balaban J connectivity index is 2.52. The summed E-state index contributed by atoms with van der Waals surface area (Å²) in [6.07, 6.45) is 0.889. The SMILES string of the molecule is CN=C(NCCS(=O)C(C)(C)C)NC(C)Cc1c(C)nn(C)c1C. The Morgan fingerprint density at radius 2 is 2.00 bits per heavy atom. The Morgan fingerprint density at radius 3 is 2.46 bits per heavy atom.